The molecule has 2 aromatic rings. The first-order valence-electron chi connectivity index (χ1n) is 8.78. The van der Waals surface area contributed by atoms with Gasteiger partial charge in [-0.15, -0.1) is 0 Å². The zero-order valence-corrected chi connectivity index (χ0v) is 18.0. The van der Waals surface area contributed by atoms with Crippen molar-refractivity contribution in [1.82, 2.24) is 0 Å². The average Bonchev–Trinajstić information content (AvgIpc) is 2.59. The maximum absolute atomic E-state index is 6.26. The number of benzene rings is 2. The molecule has 0 fully saturated rings. The molecule has 2 nitrogen and oxygen atoms in total. The lowest BCUT2D eigenvalue weighted by Crippen LogP contribution is -2.17. The Morgan fingerprint density at radius 3 is 1.29 bits per heavy atom. The Bertz CT molecular complexity index is 618. The van der Waals surface area contributed by atoms with Crippen LogP contribution in [0.4, 0.5) is 0 Å². The zero-order valence-electron chi connectivity index (χ0n) is 14.9. The van der Waals surface area contributed by atoms with Crippen molar-refractivity contribution in [3.63, 3.8) is 0 Å². The van der Waals surface area contributed by atoms with E-state index in [1.165, 1.54) is 0 Å². The second kappa shape index (κ2) is 9.10. The monoisotopic (exact) mass is 456 g/mol. The fourth-order valence-electron chi connectivity index (χ4n) is 2.71. The highest BCUT2D eigenvalue weighted by Crippen LogP contribution is 2.38. The second-order valence-electron chi connectivity index (χ2n) is 6.03. The van der Waals surface area contributed by atoms with E-state index >= 15 is 0 Å². The third-order valence-corrected chi connectivity index (χ3v) is 6.19. The first kappa shape index (κ1) is 19.6. The summed E-state index contributed by atoms with van der Waals surface area (Å²) in [6.45, 7) is 8.63. The molecule has 0 aromatic heterocycles. The van der Waals surface area contributed by atoms with Gasteiger partial charge in [-0.2, -0.15) is 0 Å². The molecule has 0 saturated carbocycles. The van der Waals surface area contributed by atoms with E-state index in [-0.39, 0.29) is 12.2 Å². The summed E-state index contributed by atoms with van der Waals surface area (Å²) >= 11 is 7.16. The van der Waals surface area contributed by atoms with Crippen molar-refractivity contribution in [3.05, 3.63) is 33.2 Å². The molecule has 0 bridgehead atoms. The van der Waals surface area contributed by atoms with Gasteiger partial charge in [0.1, 0.15) is 0 Å². The smallest absolute Gasteiger partial charge is 0.162 e. The molecular weight excluding hydrogens is 432 g/mol. The van der Waals surface area contributed by atoms with Crippen LogP contribution in [0.25, 0.3) is 10.8 Å². The van der Waals surface area contributed by atoms with Crippen LogP contribution in [0.1, 0.15) is 53.4 Å². The largest absolute Gasteiger partial charge is 0.487 e. The maximum Gasteiger partial charge on any atom is 0.162 e. The summed E-state index contributed by atoms with van der Waals surface area (Å²) in [7, 11) is 0. The Kier molecular flexibility index (Phi) is 7.42. The molecule has 0 amide bonds. The van der Waals surface area contributed by atoms with Crippen LogP contribution in [-0.2, 0) is 0 Å². The third-order valence-electron chi connectivity index (χ3n) is 4.35. The topological polar surface area (TPSA) is 18.5 Å². The predicted molar refractivity (Wildman–Crippen MR) is 109 cm³/mol. The molecule has 132 valence electrons. The quantitative estimate of drug-likeness (QED) is 0.408. The number of fused-ring (bicyclic) bond motifs is 1. The molecule has 0 aliphatic heterocycles. The minimum atomic E-state index is 0.213. The number of halogens is 2. The van der Waals surface area contributed by atoms with Crippen molar-refractivity contribution in [2.75, 3.05) is 0 Å². The van der Waals surface area contributed by atoms with E-state index in [2.05, 4.69) is 83.8 Å². The SMILES string of the molecule is CCC(CC)Oc1cc2cc(Br)c(Br)cc2cc1OC(CC)CC. The molecule has 0 atom stereocenters. The lowest BCUT2D eigenvalue weighted by molar-refractivity contribution is 0.156. The fraction of sp³-hybridized carbons (Fsp3) is 0.500. The van der Waals surface area contributed by atoms with Gasteiger partial charge in [-0.3, -0.25) is 0 Å². The van der Waals surface area contributed by atoms with Gasteiger partial charge in [-0.25, -0.2) is 0 Å². The first-order chi connectivity index (χ1) is 11.5. The Hall–Kier alpha value is -0.740. The summed E-state index contributed by atoms with van der Waals surface area (Å²) in [5.41, 5.74) is 0. The van der Waals surface area contributed by atoms with Gasteiger partial charge in [0, 0.05) is 8.95 Å². The fourth-order valence-corrected chi connectivity index (χ4v) is 3.43. The van der Waals surface area contributed by atoms with Crippen molar-refractivity contribution in [1.29, 1.82) is 0 Å². The van der Waals surface area contributed by atoms with Crippen LogP contribution >= 0.6 is 31.9 Å². The number of hydrogen-bond acceptors (Lipinski definition) is 2. The van der Waals surface area contributed by atoms with Gasteiger partial charge in [0.15, 0.2) is 11.5 Å². The van der Waals surface area contributed by atoms with Crippen molar-refractivity contribution >= 4 is 42.6 Å². The summed E-state index contributed by atoms with van der Waals surface area (Å²) in [4.78, 5) is 0. The standard InChI is InChI=1S/C20H26Br2O2/c1-5-15(6-2)23-19-11-13-9-17(21)18(22)10-14(13)12-20(19)24-16(7-3)8-4/h9-12,15-16H,5-8H2,1-4H3. The van der Waals surface area contributed by atoms with Crippen LogP contribution in [0.3, 0.4) is 0 Å². The maximum atomic E-state index is 6.26. The predicted octanol–water partition coefficient (Wildman–Crippen LogP) is 7.50. The summed E-state index contributed by atoms with van der Waals surface area (Å²) in [5, 5.41) is 2.28. The number of ether oxygens (including phenoxy) is 2. The molecular formula is C20H26Br2O2. The van der Waals surface area contributed by atoms with Gasteiger partial charge in [-0.05, 0) is 92.6 Å². The van der Waals surface area contributed by atoms with Gasteiger partial charge in [-0.1, -0.05) is 27.7 Å². The van der Waals surface area contributed by atoms with Gasteiger partial charge < -0.3 is 9.47 Å². The molecule has 0 radical (unpaired) electrons. The van der Waals surface area contributed by atoms with Crippen LogP contribution in [0.2, 0.25) is 0 Å². The third kappa shape index (κ3) is 4.66. The average molecular weight is 458 g/mol. The van der Waals surface area contributed by atoms with Crippen LogP contribution in [-0.4, -0.2) is 12.2 Å². The highest BCUT2D eigenvalue weighted by molar-refractivity contribution is 9.13. The Labute approximate surface area is 162 Å². The van der Waals surface area contributed by atoms with Crippen molar-refractivity contribution in [2.24, 2.45) is 0 Å². The van der Waals surface area contributed by atoms with Crippen molar-refractivity contribution in [3.8, 4) is 11.5 Å². The van der Waals surface area contributed by atoms with E-state index in [1.54, 1.807) is 0 Å². The summed E-state index contributed by atoms with van der Waals surface area (Å²) in [5.74, 6) is 1.69. The van der Waals surface area contributed by atoms with E-state index in [4.69, 9.17) is 9.47 Å². The summed E-state index contributed by atoms with van der Waals surface area (Å²) in [6, 6.07) is 8.42. The second-order valence-corrected chi connectivity index (χ2v) is 7.73. The molecule has 0 unspecified atom stereocenters. The number of rotatable bonds is 8. The summed E-state index contributed by atoms with van der Waals surface area (Å²) in [6.07, 6.45) is 4.38. The molecule has 0 N–H and O–H groups in total. The first-order valence-corrected chi connectivity index (χ1v) is 10.4. The molecule has 0 saturated heterocycles. The highest BCUT2D eigenvalue weighted by atomic mass is 79.9. The molecule has 4 heteroatoms. The molecule has 0 aliphatic rings. The Balaban J connectivity index is 2.50. The lowest BCUT2D eigenvalue weighted by atomic mass is 10.1. The van der Waals surface area contributed by atoms with E-state index < -0.39 is 0 Å². The van der Waals surface area contributed by atoms with Gasteiger partial charge in [0.05, 0.1) is 12.2 Å². The van der Waals surface area contributed by atoms with Crippen LogP contribution < -0.4 is 9.47 Å². The van der Waals surface area contributed by atoms with Gasteiger partial charge >= 0.3 is 0 Å². The minimum Gasteiger partial charge on any atom is -0.487 e. The normalized spacial score (nSPS) is 11.5. The highest BCUT2D eigenvalue weighted by Gasteiger charge is 2.16. The molecule has 0 heterocycles. The number of hydrogen-bond donors (Lipinski definition) is 0. The zero-order chi connectivity index (χ0) is 17.7. The molecule has 24 heavy (non-hydrogen) atoms. The molecule has 0 aliphatic carbocycles. The van der Waals surface area contributed by atoms with Crippen molar-refractivity contribution < 1.29 is 9.47 Å². The van der Waals surface area contributed by atoms with E-state index in [0.717, 1.165) is 56.9 Å². The Morgan fingerprint density at radius 1 is 0.667 bits per heavy atom. The van der Waals surface area contributed by atoms with E-state index in [1.807, 2.05) is 0 Å². The van der Waals surface area contributed by atoms with E-state index in [0.29, 0.717) is 0 Å². The van der Waals surface area contributed by atoms with Crippen LogP contribution in [0, 0.1) is 0 Å². The molecule has 2 rings (SSSR count). The van der Waals surface area contributed by atoms with Crippen LogP contribution in [0.5, 0.6) is 11.5 Å². The van der Waals surface area contributed by atoms with Gasteiger partial charge in [0.2, 0.25) is 0 Å². The Morgan fingerprint density at radius 2 is 1.00 bits per heavy atom. The van der Waals surface area contributed by atoms with Crippen molar-refractivity contribution in [2.45, 2.75) is 65.6 Å². The van der Waals surface area contributed by atoms with Crippen LogP contribution in [0.15, 0.2) is 33.2 Å². The summed E-state index contributed by atoms with van der Waals surface area (Å²) < 4.78 is 14.6. The minimum absolute atomic E-state index is 0.213. The van der Waals surface area contributed by atoms with Gasteiger partial charge in [0.25, 0.3) is 0 Å². The molecule has 2 aromatic carbocycles. The lowest BCUT2D eigenvalue weighted by Gasteiger charge is -2.22. The molecule has 0 spiro atoms. The van der Waals surface area contributed by atoms with E-state index in [9.17, 15) is 0 Å².